The normalized spacial score (nSPS) is 17.8. The minimum atomic E-state index is -0.196. The number of ketones is 1. The van der Waals surface area contributed by atoms with Crippen molar-refractivity contribution >= 4 is 5.78 Å². The quantitative estimate of drug-likeness (QED) is 0.785. The highest BCUT2D eigenvalue weighted by Gasteiger charge is 2.47. The third kappa shape index (κ3) is 1.81. The fourth-order valence-electron chi connectivity index (χ4n) is 1.93. The molecule has 15 heavy (non-hydrogen) atoms. The summed E-state index contributed by atoms with van der Waals surface area (Å²) < 4.78 is 1.78. The summed E-state index contributed by atoms with van der Waals surface area (Å²) in [6.07, 6.45) is 2.38. The number of carbonyl (C=O) groups is 1. The zero-order valence-electron chi connectivity index (χ0n) is 9.29. The van der Waals surface area contributed by atoms with Gasteiger partial charge in [0, 0.05) is 31.1 Å². The molecule has 2 N–H and O–H groups in total. The summed E-state index contributed by atoms with van der Waals surface area (Å²) in [7, 11) is 1.87. The molecule has 4 heteroatoms. The molecule has 0 aromatic carbocycles. The van der Waals surface area contributed by atoms with E-state index in [0.29, 0.717) is 13.0 Å². The zero-order valence-corrected chi connectivity index (χ0v) is 9.29. The van der Waals surface area contributed by atoms with E-state index in [1.165, 1.54) is 0 Å². The lowest BCUT2D eigenvalue weighted by Crippen LogP contribution is -2.27. The maximum absolute atomic E-state index is 12.0. The molecule has 0 bridgehead atoms. The smallest absolute Gasteiger partial charge is 0.146 e. The van der Waals surface area contributed by atoms with E-state index < -0.39 is 0 Å². The van der Waals surface area contributed by atoms with Gasteiger partial charge < -0.3 is 5.73 Å². The Morgan fingerprint density at radius 3 is 2.73 bits per heavy atom. The molecule has 0 aliphatic heterocycles. The number of hydrogen-bond acceptors (Lipinski definition) is 3. The van der Waals surface area contributed by atoms with Crippen LogP contribution >= 0.6 is 0 Å². The molecule has 1 aromatic rings. The molecule has 1 aromatic heterocycles. The topological polar surface area (TPSA) is 60.9 Å². The highest BCUT2D eigenvalue weighted by Crippen LogP contribution is 2.45. The molecule has 1 aliphatic rings. The van der Waals surface area contributed by atoms with Crippen LogP contribution < -0.4 is 5.73 Å². The van der Waals surface area contributed by atoms with Gasteiger partial charge in [-0.25, -0.2) is 0 Å². The fourth-order valence-corrected chi connectivity index (χ4v) is 1.93. The number of nitrogens with zero attached hydrogens (tertiary/aromatic N) is 2. The second kappa shape index (κ2) is 3.45. The summed E-state index contributed by atoms with van der Waals surface area (Å²) in [5.74, 6) is 0.271. The van der Waals surface area contributed by atoms with Gasteiger partial charge in [-0.2, -0.15) is 5.10 Å². The van der Waals surface area contributed by atoms with Gasteiger partial charge in [0.05, 0.1) is 5.69 Å². The maximum Gasteiger partial charge on any atom is 0.146 e. The van der Waals surface area contributed by atoms with Crippen molar-refractivity contribution in [3.63, 3.8) is 0 Å². The summed E-state index contributed by atoms with van der Waals surface area (Å²) in [5, 5.41) is 4.23. The molecule has 1 aliphatic carbocycles. The lowest BCUT2D eigenvalue weighted by Gasteiger charge is -2.10. The summed E-state index contributed by atoms with van der Waals surface area (Å²) in [6.45, 7) is 2.42. The van der Waals surface area contributed by atoms with Gasteiger partial charge in [0.15, 0.2) is 0 Å². The van der Waals surface area contributed by atoms with E-state index in [2.05, 4.69) is 5.10 Å². The lowest BCUT2D eigenvalue weighted by atomic mass is 9.97. The maximum atomic E-state index is 12.0. The number of nitrogens with two attached hydrogens (primary N) is 1. The van der Waals surface area contributed by atoms with Crippen LogP contribution in [0.25, 0.3) is 0 Å². The van der Waals surface area contributed by atoms with Crippen molar-refractivity contribution < 1.29 is 4.79 Å². The molecule has 0 amide bonds. The molecule has 0 spiro atoms. The number of aromatic nitrogens is 2. The van der Waals surface area contributed by atoms with E-state index in [1.807, 2.05) is 20.0 Å². The van der Waals surface area contributed by atoms with Crippen molar-refractivity contribution in [1.82, 2.24) is 9.78 Å². The molecular weight excluding hydrogens is 190 g/mol. The number of carbonyl (C=O) groups excluding carboxylic acids is 1. The van der Waals surface area contributed by atoms with Gasteiger partial charge in [0.2, 0.25) is 0 Å². The van der Waals surface area contributed by atoms with Crippen LogP contribution in [0.2, 0.25) is 0 Å². The molecule has 1 heterocycles. The average molecular weight is 207 g/mol. The molecule has 0 saturated heterocycles. The molecule has 0 atom stereocenters. The molecule has 4 nitrogen and oxygen atoms in total. The summed E-state index contributed by atoms with van der Waals surface area (Å²) >= 11 is 0. The van der Waals surface area contributed by atoms with Crippen LogP contribution in [-0.4, -0.2) is 22.1 Å². The summed E-state index contributed by atoms with van der Waals surface area (Å²) in [5.41, 5.74) is 7.37. The first-order valence-corrected chi connectivity index (χ1v) is 5.30. The van der Waals surface area contributed by atoms with Gasteiger partial charge in [0.25, 0.3) is 0 Å². The number of Topliss-reactive ketones (excluding diaryl/α,β-unsaturated/α-hetero) is 1. The highest BCUT2D eigenvalue weighted by atomic mass is 16.1. The Balaban J connectivity index is 2.09. The zero-order chi connectivity index (χ0) is 11.1. The number of rotatable bonds is 4. The van der Waals surface area contributed by atoms with Crippen LogP contribution in [0.5, 0.6) is 0 Å². The SMILES string of the molecule is Cc1cc(CC(=O)C2(CN)CC2)n(C)n1. The largest absolute Gasteiger partial charge is 0.329 e. The van der Waals surface area contributed by atoms with Gasteiger partial charge >= 0.3 is 0 Å². The molecule has 0 radical (unpaired) electrons. The van der Waals surface area contributed by atoms with Crippen LogP contribution in [0.3, 0.4) is 0 Å². The number of hydrogen-bond donors (Lipinski definition) is 1. The van der Waals surface area contributed by atoms with Gasteiger partial charge in [0.1, 0.15) is 5.78 Å². The number of aryl methyl sites for hydroxylation is 2. The van der Waals surface area contributed by atoms with Crippen LogP contribution in [0.1, 0.15) is 24.2 Å². The van der Waals surface area contributed by atoms with Gasteiger partial charge in [-0.1, -0.05) is 0 Å². The molecule has 0 unspecified atom stereocenters. The van der Waals surface area contributed by atoms with Crippen molar-refractivity contribution in [3.8, 4) is 0 Å². The Hall–Kier alpha value is -1.16. The second-order valence-corrected chi connectivity index (χ2v) is 4.49. The van der Waals surface area contributed by atoms with Crippen molar-refractivity contribution in [1.29, 1.82) is 0 Å². The predicted octanol–water partition coefficient (Wildman–Crippen LogP) is 0.579. The Morgan fingerprint density at radius 1 is 1.67 bits per heavy atom. The van der Waals surface area contributed by atoms with Gasteiger partial charge in [-0.05, 0) is 25.8 Å². The van der Waals surface area contributed by atoms with Crippen LogP contribution in [-0.2, 0) is 18.3 Å². The summed E-state index contributed by atoms with van der Waals surface area (Å²) in [6, 6.07) is 1.96. The Bertz CT molecular complexity index is 391. The first-order valence-electron chi connectivity index (χ1n) is 5.30. The van der Waals surface area contributed by atoms with Crippen molar-refractivity contribution in [2.45, 2.75) is 26.2 Å². The Kier molecular flexibility index (Phi) is 2.38. The van der Waals surface area contributed by atoms with Crippen molar-refractivity contribution in [3.05, 3.63) is 17.5 Å². The van der Waals surface area contributed by atoms with Gasteiger partial charge in [-0.15, -0.1) is 0 Å². The second-order valence-electron chi connectivity index (χ2n) is 4.49. The third-order valence-electron chi connectivity index (χ3n) is 3.28. The standard InChI is InChI=1S/C11H17N3O/c1-8-5-9(14(2)13-8)6-10(15)11(7-12)3-4-11/h5H,3-4,6-7,12H2,1-2H3. The van der Waals surface area contributed by atoms with Crippen LogP contribution in [0.4, 0.5) is 0 Å². The molecular formula is C11H17N3O. The van der Waals surface area contributed by atoms with E-state index >= 15 is 0 Å². The third-order valence-corrected chi connectivity index (χ3v) is 3.28. The van der Waals surface area contributed by atoms with E-state index in [4.69, 9.17) is 5.73 Å². The fraction of sp³-hybridized carbons (Fsp3) is 0.636. The molecule has 1 saturated carbocycles. The van der Waals surface area contributed by atoms with Crippen molar-refractivity contribution in [2.24, 2.45) is 18.2 Å². The highest BCUT2D eigenvalue weighted by molar-refractivity contribution is 5.89. The van der Waals surface area contributed by atoms with Crippen LogP contribution in [0.15, 0.2) is 6.07 Å². The van der Waals surface area contributed by atoms with E-state index in [1.54, 1.807) is 4.68 Å². The minimum absolute atomic E-state index is 0.196. The molecule has 2 rings (SSSR count). The minimum Gasteiger partial charge on any atom is -0.329 e. The first-order chi connectivity index (χ1) is 7.07. The van der Waals surface area contributed by atoms with E-state index in [0.717, 1.165) is 24.2 Å². The molecule has 82 valence electrons. The predicted molar refractivity (Wildman–Crippen MR) is 57.4 cm³/mol. The monoisotopic (exact) mass is 207 g/mol. The van der Waals surface area contributed by atoms with Crippen molar-refractivity contribution in [2.75, 3.05) is 6.54 Å². The van der Waals surface area contributed by atoms with Gasteiger partial charge in [-0.3, -0.25) is 9.48 Å². The Labute approximate surface area is 89.5 Å². The van der Waals surface area contributed by atoms with Crippen LogP contribution in [0, 0.1) is 12.3 Å². The molecule has 1 fully saturated rings. The lowest BCUT2D eigenvalue weighted by molar-refractivity contribution is -0.123. The average Bonchev–Trinajstić information content (AvgIpc) is 2.91. The summed E-state index contributed by atoms with van der Waals surface area (Å²) in [4.78, 5) is 12.0. The first kappa shape index (κ1) is 10.4. The van der Waals surface area contributed by atoms with E-state index in [9.17, 15) is 4.79 Å². The Morgan fingerprint density at radius 2 is 2.33 bits per heavy atom. The van der Waals surface area contributed by atoms with E-state index in [-0.39, 0.29) is 11.2 Å².